The van der Waals surface area contributed by atoms with Crippen LogP contribution < -0.4 is 0 Å². The number of nitrogens with zero attached hydrogens (tertiary/aromatic N) is 2. The topological polar surface area (TPSA) is 81.1 Å². The number of aliphatic hydroxyl groups is 1. The van der Waals surface area contributed by atoms with Crippen LogP contribution >= 0.6 is 11.8 Å². The fourth-order valence-electron chi connectivity index (χ4n) is 2.38. The van der Waals surface area contributed by atoms with Crippen LogP contribution in [-0.4, -0.2) is 75.3 Å². The highest BCUT2D eigenvalue weighted by molar-refractivity contribution is 7.99. The van der Waals surface area contributed by atoms with Crippen LogP contribution in [0.2, 0.25) is 0 Å². The molecule has 7 heteroatoms. The summed E-state index contributed by atoms with van der Waals surface area (Å²) in [5.41, 5.74) is 0. The molecule has 0 saturated carbocycles. The van der Waals surface area contributed by atoms with Crippen LogP contribution in [0.3, 0.4) is 0 Å². The molecule has 0 spiro atoms. The molecule has 0 bridgehead atoms. The molecule has 2 fully saturated rings. The summed E-state index contributed by atoms with van der Waals surface area (Å²) < 4.78 is 0. The minimum Gasteiger partial charge on any atom is -0.480 e. The number of carbonyl (C=O) groups excluding carboxylic acids is 1. The smallest absolute Gasteiger partial charge is 0.326 e. The van der Waals surface area contributed by atoms with Gasteiger partial charge in [0.1, 0.15) is 6.04 Å². The van der Waals surface area contributed by atoms with Crippen molar-refractivity contribution in [1.82, 2.24) is 9.80 Å². The number of carbonyl (C=O) groups is 2. The van der Waals surface area contributed by atoms with E-state index in [0.29, 0.717) is 13.1 Å². The van der Waals surface area contributed by atoms with Gasteiger partial charge in [0.05, 0.1) is 6.10 Å². The van der Waals surface area contributed by atoms with E-state index in [2.05, 4.69) is 0 Å². The standard InChI is InChI=1S/C11H18N2O4S/c14-8-6-9(10(15)16)13(7-8)11(17)12-2-1-4-18-5-3-12/h8-9,14H,1-7H2,(H,15,16)/t8-,9+/m1/s1. The van der Waals surface area contributed by atoms with Gasteiger partial charge in [0.2, 0.25) is 0 Å². The normalized spacial score (nSPS) is 29.2. The molecule has 102 valence electrons. The summed E-state index contributed by atoms with van der Waals surface area (Å²) in [5.74, 6) is 0.887. The van der Waals surface area contributed by atoms with Gasteiger partial charge in [-0.2, -0.15) is 11.8 Å². The van der Waals surface area contributed by atoms with Gasteiger partial charge in [0.15, 0.2) is 0 Å². The lowest BCUT2D eigenvalue weighted by Gasteiger charge is -2.29. The van der Waals surface area contributed by atoms with E-state index < -0.39 is 18.1 Å². The monoisotopic (exact) mass is 274 g/mol. The van der Waals surface area contributed by atoms with Crippen molar-refractivity contribution in [3.63, 3.8) is 0 Å². The Morgan fingerprint density at radius 2 is 2.00 bits per heavy atom. The van der Waals surface area contributed by atoms with Crippen molar-refractivity contribution in [1.29, 1.82) is 0 Å². The van der Waals surface area contributed by atoms with Crippen LogP contribution in [0.1, 0.15) is 12.8 Å². The second kappa shape index (κ2) is 5.79. The second-order valence-corrected chi connectivity index (χ2v) is 5.86. The summed E-state index contributed by atoms with van der Waals surface area (Å²) in [5, 5.41) is 18.6. The van der Waals surface area contributed by atoms with Crippen LogP contribution in [0, 0.1) is 0 Å². The Bertz CT molecular complexity index is 331. The number of urea groups is 1. The molecule has 0 aromatic rings. The van der Waals surface area contributed by atoms with Gasteiger partial charge in [-0.3, -0.25) is 0 Å². The second-order valence-electron chi connectivity index (χ2n) is 4.63. The highest BCUT2D eigenvalue weighted by Crippen LogP contribution is 2.21. The van der Waals surface area contributed by atoms with Crippen LogP contribution in [0.15, 0.2) is 0 Å². The van der Waals surface area contributed by atoms with Crippen molar-refractivity contribution < 1.29 is 19.8 Å². The van der Waals surface area contributed by atoms with E-state index in [4.69, 9.17) is 5.11 Å². The lowest BCUT2D eigenvalue weighted by Crippen LogP contribution is -2.48. The molecule has 2 rings (SSSR count). The molecule has 2 atom stereocenters. The molecule has 0 radical (unpaired) electrons. The average Bonchev–Trinajstić information content (AvgIpc) is 2.56. The van der Waals surface area contributed by atoms with Crippen LogP contribution in [0.4, 0.5) is 4.79 Å². The summed E-state index contributed by atoms with van der Waals surface area (Å²) in [6.45, 7) is 1.45. The van der Waals surface area contributed by atoms with Crippen molar-refractivity contribution in [2.45, 2.75) is 25.0 Å². The molecule has 0 aromatic carbocycles. The van der Waals surface area contributed by atoms with E-state index >= 15 is 0 Å². The number of β-amino-alcohol motifs (C(OH)–C–C–N with tert-alkyl or cyclic N) is 1. The van der Waals surface area contributed by atoms with E-state index in [1.807, 2.05) is 11.8 Å². The third-order valence-electron chi connectivity index (χ3n) is 3.30. The Balaban J connectivity index is 2.04. The molecule has 6 nitrogen and oxygen atoms in total. The SMILES string of the molecule is O=C(O)[C@@H]1C[C@@H](O)CN1C(=O)N1CCCSCC1. The molecule has 0 aromatic heterocycles. The first-order valence-electron chi connectivity index (χ1n) is 6.13. The Morgan fingerprint density at radius 3 is 2.72 bits per heavy atom. The number of amides is 2. The first kappa shape index (κ1) is 13.5. The zero-order chi connectivity index (χ0) is 13.1. The third kappa shape index (κ3) is 2.89. The lowest BCUT2D eigenvalue weighted by molar-refractivity contribution is -0.141. The molecule has 2 N–H and O–H groups in total. The predicted molar refractivity (Wildman–Crippen MR) is 67.7 cm³/mol. The molecule has 2 aliphatic rings. The van der Waals surface area contributed by atoms with Crippen LogP contribution in [-0.2, 0) is 4.79 Å². The molecule has 0 unspecified atom stereocenters. The van der Waals surface area contributed by atoms with E-state index in [9.17, 15) is 14.7 Å². The molecule has 2 amide bonds. The quantitative estimate of drug-likeness (QED) is 0.707. The third-order valence-corrected chi connectivity index (χ3v) is 4.35. The molecule has 2 aliphatic heterocycles. The highest BCUT2D eigenvalue weighted by Gasteiger charge is 2.40. The van der Waals surface area contributed by atoms with E-state index in [1.54, 1.807) is 4.90 Å². The van der Waals surface area contributed by atoms with E-state index in [-0.39, 0.29) is 19.0 Å². The minimum absolute atomic E-state index is 0.124. The van der Waals surface area contributed by atoms with Crippen molar-refractivity contribution >= 4 is 23.8 Å². The summed E-state index contributed by atoms with van der Waals surface area (Å²) in [7, 11) is 0. The fourth-order valence-corrected chi connectivity index (χ4v) is 3.27. The van der Waals surface area contributed by atoms with Gasteiger partial charge in [-0.1, -0.05) is 0 Å². The van der Waals surface area contributed by atoms with Gasteiger partial charge in [-0.25, -0.2) is 9.59 Å². The Labute approximate surface area is 110 Å². The number of carboxylic acids is 1. The molecular weight excluding hydrogens is 256 g/mol. The molecule has 2 heterocycles. The van der Waals surface area contributed by atoms with Gasteiger partial charge in [-0.05, 0) is 12.2 Å². The van der Waals surface area contributed by atoms with Crippen LogP contribution in [0.5, 0.6) is 0 Å². The first-order chi connectivity index (χ1) is 8.59. The van der Waals surface area contributed by atoms with Crippen molar-refractivity contribution in [2.24, 2.45) is 0 Å². The first-order valence-corrected chi connectivity index (χ1v) is 7.29. The number of aliphatic carboxylic acids is 1. The zero-order valence-corrected chi connectivity index (χ0v) is 10.9. The number of thioether (sulfide) groups is 1. The maximum atomic E-state index is 12.3. The molecular formula is C11H18N2O4S. The maximum absolute atomic E-state index is 12.3. The summed E-state index contributed by atoms with van der Waals surface area (Å²) in [6.07, 6.45) is 0.338. The zero-order valence-electron chi connectivity index (χ0n) is 10.1. The van der Waals surface area contributed by atoms with Gasteiger partial charge in [0.25, 0.3) is 0 Å². The predicted octanol–water partition coefficient (Wildman–Crippen LogP) is 0.0651. The number of likely N-dealkylation sites (tertiary alicyclic amines) is 1. The fraction of sp³-hybridized carbons (Fsp3) is 0.818. The maximum Gasteiger partial charge on any atom is 0.326 e. The van der Waals surface area contributed by atoms with Gasteiger partial charge < -0.3 is 20.0 Å². The number of carboxylic acid groups (broad SMARTS) is 1. The van der Waals surface area contributed by atoms with Crippen molar-refractivity contribution in [3.8, 4) is 0 Å². The number of rotatable bonds is 1. The van der Waals surface area contributed by atoms with E-state index in [1.165, 1.54) is 4.90 Å². The summed E-state index contributed by atoms with van der Waals surface area (Å²) >= 11 is 1.81. The summed E-state index contributed by atoms with van der Waals surface area (Å²) in [6, 6.07) is -1.13. The minimum atomic E-state index is -1.04. The lowest BCUT2D eigenvalue weighted by atomic mass is 10.2. The largest absolute Gasteiger partial charge is 0.480 e. The number of hydrogen-bond donors (Lipinski definition) is 2. The molecule has 18 heavy (non-hydrogen) atoms. The number of aliphatic hydroxyl groups excluding tert-OH is 1. The Hall–Kier alpha value is -0.950. The Kier molecular flexibility index (Phi) is 4.34. The van der Waals surface area contributed by atoms with Crippen molar-refractivity contribution in [2.75, 3.05) is 31.1 Å². The Morgan fingerprint density at radius 1 is 1.22 bits per heavy atom. The molecule has 0 aliphatic carbocycles. The van der Waals surface area contributed by atoms with Crippen molar-refractivity contribution in [3.05, 3.63) is 0 Å². The van der Waals surface area contributed by atoms with Gasteiger partial charge in [0, 0.05) is 31.8 Å². The highest BCUT2D eigenvalue weighted by atomic mass is 32.2. The molecule has 2 saturated heterocycles. The average molecular weight is 274 g/mol. The number of hydrogen-bond acceptors (Lipinski definition) is 4. The summed E-state index contributed by atoms with van der Waals surface area (Å²) in [4.78, 5) is 26.4. The van der Waals surface area contributed by atoms with Gasteiger partial charge >= 0.3 is 12.0 Å². The van der Waals surface area contributed by atoms with Crippen LogP contribution in [0.25, 0.3) is 0 Å². The van der Waals surface area contributed by atoms with E-state index in [0.717, 1.165) is 17.9 Å². The van der Waals surface area contributed by atoms with Gasteiger partial charge in [-0.15, -0.1) is 0 Å².